The number of likely N-dealkylation sites (N-methyl/N-ethyl adjacent to an activating group) is 1. The van der Waals surface area contributed by atoms with Crippen molar-refractivity contribution in [3.05, 3.63) is 47.3 Å². The Morgan fingerprint density at radius 2 is 2.05 bits per heavy atom. The largest absolute Gasteiger partial charge is 0.310 e. The molecule has 0 aromatic heterocycles. The maximum Gasteiger partial charge on any atom is 0.123 e. The molecule has 1 unspecified atom stereocenters. The van der Waals surface area contributed by atoms with Crippen molar-refractivity contribution in [1.82, 2.24) is 5.32 Å². The van der Waals surface area contributed by atoms with Gasteiger partial charge in [0.2, 0.25) is 0 Å². The minimum Gasteiger partial charge on any atom is -0.310 e. The second-order valence-corrected chi connectivity index (χ2v) is 5.68. The summed E-state index contributed by atoms with van der Waals surface area (Å²) in [6, 6.07) is 7.37. The zero-order valence-electron chi connectivity index (χ0n) is 12.5. The summed E-state index contributed by atoms with van der Waals surface area (Å²) < 4.78 is 13.3. The van der Waals surface area contributed by atoms with Gasteiger partial charge in [-0.05, 0) is 56.3 Å². The van der Waals surface area contributed by atoms with Crippen LogP contribution in [-0.4, -0.2) is 12.6 Å². The molecule has 110 valence electrons. The first kappa shape index (κ1) is 15.2. The molecule has 1 nitrogen and oxygen atoms in total. The minimum absolute atomic E-state index is 0.135. The van der Waals surface area contributed by atoms with E-state index in [-0.39, 0.29) is 5.82 Å². The molecular weight excluding hydrogens is 249 g/mol. The zero-order valence-corrected chi connectivity index (χ0v) is 12.5. The summed E-state index contributed by atoms with van der Waals surface area (Å²) in [4.78, 5) is 0. The third-order valence-corrected chi connectivity index (χ3v) is 4.05. The van der Waals surface area contributed by atoms with Crippen molar-refractivity contribution in [3.8, 4) is 0 Å². The van der Waals surface area contributed by atoms with Gasteiger partial charge in [0.25, 0.3) is 0 Å². The third kappa shape index (κ3) is 4.75. The van der Waals surface area contributed by atoms with Crippen molar-refractivity contribution in [3.63, 3.8) is 0 Å². The van der Waals surface area contributed by atoms with Gasteiger partial charge < -0.3 is 5.32 Å². The Hall–Kier alpha value is -1.15. The van der Waals surface area contributed by atoms with Crippen LogP contribution in [0.25, 0.3) is 0 Å². The van der Waals surface area contributed by atoms with E-state index in [1.807, 2.05) is 6.07 Å². The van der Waals surface area contributed by atoms with Crippen molar-refractivity contribution in [2.75, 3.05) is 6.54 Å². The first-order valence-corrected chi connectivity index (χ1v) is 7.96. The third-order valence-electron chi connectivity index (χ3n) is 4.05. The predicted octanol–water partition coefficient (Wildman–Crippen LogP) is 4.63. The van der Waals surface area contributed by atoms with Gasteiger partial charge in [-0.3, -0.25) is 0 Å². The number of hydrogen-bond donors (Lipinski definition) is 1. The molecule has 1 atom stereocenters. The molecule has 0 saturated carbocycles. The zero-order chi connectivity index (χ0) is 14.2. The molecule has 0 fully saturated rings. The van der Waals surface area contributed by atoms with Crippen LogP contribution in [0.1, 0.15) is 51.0 Å². The summed E-state index contributed by atoms with van der Waals surface area (Å²) >= 11 is 0. The first-order valence-electron chi connectivity index (χ1n) is 7.96. The number of hydrogen-bond acceptors (Lipinski definition) is 1. The molecule has 0 spiro atoms. The van der Waals surface area contributed by atoms with E-state index in [0.717, 1.165) is 18.5 Å². The van der Waals surface area contributed by atoms with Gasteiger partial charge in [0.15, 0.2) is 0 Å². The average Bonchev–Trinajstić information content (AvgIpc) is 2.38. The van der Waals surface area contributed by atoms with Gasteiger partial charge in [-0.2, -0.15) is 0 Å². The molecule has 1 aliphatic carbocycles. The minimum atomic E-state index is -0.135. The highest BCUT2D eigenvalue weighted by molar-refractivity contribution is 5.22. The fourth-order valence-corrected chi connectivity index (χ4v) is 3.01. The van der Waals surface area contributed by atoms with Crippen molar-refractivity contribution >= 4 is 0 Å². The SMILES string of the molecule is CCNC(Cc1cccc(F)c1)/C1=C/CCCCCC1. The molecule has 0 saturated heterocycles. The summed E-state index contributed by atoms with van der Waals surface area (Å²) in [6.45, 7) is 3.10. The van der Waals surface area contributed by atoms with Gasteiger partial charge in [-0.1, -0.05) is 43.5 Å². The average molecular weight is 275 g/mol. The predicted molar refractivity (Wildman–Crippen MR) is 83.4 cm³/mol. The molecule has 2 rings (SSSR count). The summed E-state index contributed by atoms with van der Waals surface area (Å²) in [5.74, 6) is -0.135. The van der Waals surface area contributed by atoms with E-state index in [1.54, 1.807) is 12.1 Å². The number of halogens is 1. The molecule has 1 aromatic carbocycles. The maximum atomic E-state index is 13.3. The summed E-state index contributed by atoms with van der Waals surface area (Å²) in [6.07, 6.45) is 11.0. The number of nitrogens with one attached hydrogen (secondary N) is 1. The van der Waals surface area contributed by atoms with Gasteiger partial charge in [0, 0.05) is 6.04 Å². The van der Waals surface area contributed by atoms with E-state index >= 15 is 0 Å². The Labute approximate surface area is 122 Å². The van der Waals surface area contributed by atoms with Gasteiger partial charge in [0.05, 0.1) is 0 Å². The Morgan fingerprint density at radius 3 is 2.85 bits per heavy atom. The fourth-order valence-electron chi connectivity index (χ4n) is 3.01. The lowest BCUT2D eigenvalue weighted by Crippen LogP contribution is -2.33. The van der Waals surface area contributed by atoms with Crippen LogP contribution in [0.15, 0.2) is 35.9 Å². The first-order chi connectivity index (χ1) is 9.79. The summed E-state index contributed by atoms with van der Waals surface area (Å²) in [5.41, 5.74) is 2.61. The van der Waals surface area contributed by atoms with Crippen LogP contribution < -0.4 is 5.32 Å². The van der Waals surface area contributed by atoms with Crippen LogP contribution >= 0.6 is 0 Å². The summed E-state index contributed by atoms with van der Waals surface area (Å²) in [7, 11) is 0. The van der Waals surface area contributed by atoms with Gasteiger partial charge in [-0.25, -0.2) is 4.39 Å². The van der Waals surface area contributed by atoms with E-state index in [0.29, 0.717) is 6.04 Å². The van der Waals surface area contributed by atoms with Crippen LogP contribution in [0.4, 0.5) is 4.39 Å². The van der Waals surface area contributed by atoms with E-state index < -0.39 is 0 Å². The highest BCUT2D eigenvalue weighted by Crippen LogP contribution is 2.22. The van der Waals surface area contributed by atoms with Gasteiger partial charge in [-0.15, -0.1) is 0 Å². The summed E-state index contributed by atoms with van der Waals surface area (Å²) in [5, 5.41) is 3.58. The monoisotopic (exact) mass is 275 g/mol. The normalized spacial score (nSPS) is 20.6. The van der Waals surface area contributed by atoms with E-state index in [4.69, 9.17) is 0 Å². The molecule has 20 heavy (non-hydrogen) atoms. The van der Waals surface area contributed by atoms with Crippen LogP contribution in [0.3, 0.4) is 0 Å². The van der Waals surface area contributed by atoms with Crippen molar-refractivity contribution in [2.45, 2.75) is 57.9 Å². The number of benzene rings is 1. The Morgan fingerprint density at radius 1 is 1.20 bits per heavy atom. The molecule has 2 heteroatoms. The van der Waals surface area contributed by atoms with Crippen molar-refractivity contribution < 1.29 is 4.39 Å². The fraction of sp³-hybridized carbons (Fsp3) is 0.556. The number of rotatable bonds is 5. The molecular formula is C18H26FN. The topological polar surface area (TPSA) is 12.0 Å². The maximum absolute atomic E-state index is 13.3. The lowest BCUT2D eigenvalue weighted by molar-refractivity contribution is 0.534. The quantitative estimate of drug-likeness (QED) is 0.773. The van der Waals surface area contributed by atoms with Crippen LogP contribution in [0, 0.1) is 5.82 Å². The standard InChI is InChI=1S/C18H26FN/c1-2-20-18(14-15-9-8-12-17(19)13-15)16-10-6-4-3-5-7-11-16/h8-10,12-13,18,20H,2-7,11,14H2,1H3/b16-10+. The highest BCUT2D eigenvalue weighted by Gasteiger charge is 2.15. The number of allylic oxidation sites excluding steroid dienone is 1. The van der Waals surface area contributed by atoms with Gasteiger partial charge >= 0.3 is 0 Å². The van der Waals surface area contributed by atoms with Crippen LogP contribution in [0.2, 0.25) is 0 Å². The molecule has 0 radical (unpaired) electrons. The smallest absolute Gasteiger partial charge is 0.123 e. The van der Waals surface area contributed by atoms with E-state index in [9.17, 15) is 4.39 Å². The van der Waals surface area contributed by atoms with E-state index in [2.05, 4.69) is 18.3 Å². The molecule has 1 N–H and O–H groups in total. The second-order valence-electron chi connectivity index (χ2n) is 5.68. The van der Waals surface area contributed by atoms with Crippen molar-refractivity contribution in [1.29, 1.82) is 0 Å². The molecule has 0 amide bonds. The van der Waals surface area contributed by atoms with Crippen molar-refractivity contribution in [2.24, 2.45) is 0 Å². The lowest BCUT2D eigenvalue weighted by Gasteiger charge is -2.23. The Balaban J connectivity index is 2.08. The molecule has 1 aromatic rings. The molecule has 0 heterocycles. The highest BCUT2D eigenvalue weighted by atomic mass is 19.1. The van der Waals surface area contributed by atoms with Crippen LogP contribution in [-0.2, 0) is 6.42 Å². The molecule has 1 aliphatic rings. The van der Waals surface area contributed by atoms with E-state index in [1.165, 1.54) is 50.2 Å². The second kappa shape index (κ2) is 8.21. The molecule has 0 bridgehead atoms. The Kier molecular flexibility index (Phi) is 6.25. The lowest BCUT2D eigenvalue weighted by atomic mass is 9.91. The molecule has 0 aliphatic heterocycles. The Bertz CT molecular complexity index is 439. The van der Waals surface area contributed by atoms with Crippen LogP contribution in [0.5, 0.6) is 0 Å². The van der Waals surface area contributed by atoms with Gasteiger partial charge in [0.1, 0.15) is 5.82 Å².